The average Bonchev–Trinajstić information content (AvgIpc) is 2.17. The molecule has 0 rings (SSSR count). The molecule has 0 radical (unpaired) electrons. The predicted octanol–water partition coefficient (Wildman–Crippen LogP) is 1.05. The van der Waals surface area contributed by atoms with Crippen LogP contribution in [0.3, 0.4) is 0 Å². The topological polar surface area (TPSA) is 64.4 Å². The second-order valence-electron chi connectivity index (χ2n) is 4.47. The van der Waals surface area contributed by atoms with Crippen molar-refractivity contribution in [2.45, 2.75) is 51.6 Å². The summed E-state index contributed by atoms with van der Waals surface area (Å²) in [7, 11) is 1.64. The van der Waals surface area contributed by atoms with Crippen LogP contribution in [0.1, 0.15) is 40.0 Å². The van der Waals surface area contributed by atoms with Crippen molar-refractivity contribution in [1.82, 2.24) is 5.32 Å². The molecular formula is C11H24N2O2. The Labute approximate surface area is 92.6 Å². The number of rotatable bonds is 7. The highest BCUT2D eigenvalue weighted by Crippen LogP contribution is 2.07. The smallest absolute Gasteiger partial charge is 0.237 e. The van der Waals surface area contributed by atoms with E-state index < -0.39 is 6.04 Å². The lowest BCUT2D eigenvalue weighted by Gasteiger charge is -2.26. The van der Waals surface area contributed by atoms with E-state index in [2.05, 4.69) is 5.32 Å². The number of amides is 1. The van der Waals surface area contributed by atoms with Crippen molar-refractivity contribution in [2.24, 2.45) is 5.73 Å². The van der Waals surface area contributed by atoms with E-state index in [-0.39, 0.29) is 11.4 Å². The molecule has 4 nitrogen and oxygen atoms in total. The summed E-state index contributed by atoms with van der Waals surface area (Å²) in [5, 5.41) is 2.93. The molecule has 0 spiro atoms. The third-order valence-electron chi connectivity index (χ3n) is 2.55. The molecule has 1 amide bonds. The van der Waals surface area contributed by atoms with Crippen molar-refractivity contribution in [3.05, 3.63) is 0 Å². The summed E-state index contributed by atoms with van der Waals surface area (Å²) in [6.45, 7) is 6.68. The van der Waals surface area contributed by atoms with Crippen molar-refractivity contribution in [1.29, 1.82) is 0 Å². The number of carbonyl (C=O) groups is 1. The van der Waals surface area contributed by atoms with Crippen molar-refractivity contribution in [3.8, 4) is 0 Å². The molecule has 0 aromatic carbocycles. The second-order valence-corrected chi connectivity index (χ2v) is 4.47. The summed E-state index contributed by atoms with van der Waals surface area (Å²) >= 11 is 0. The molecule has 0 bridgehead atoms. The highest BCUT2D eigenvalue weighted by atomic mass is 16.5. The molecule has 1 unspecified atom stereocenters. The Hall–Kier alpha value is -0.610. The Morgan fingerprint density at radius 2 is 2.13 bits per heavy atom. The number of hydrogen-bond donors (Lipinski definition) is 2. The zero-order chi connectivity index (χ0) is 11.9. The quantitative estimate of drug-likeness (QED) is 0.625. The van der Waals surface area contributed by atoms with Crippen LogP contribution in [0, 0.1) is 0 Å². The Kier molecular flexibility index (Phi) is 6.52. The summed E-state index contributed by atoms with van der Waals surface area (Å²) in [5.74, 6) is -0.0713. The fourth-order valence-electron chi connectivity index (χ4n) is 1.09. The molecular weight excluding hydrogens is 192 g/mol. The Morgan fingerprint density at radius 1 is 1.53 bits per heavy atom. The van der Waals surface area contributed by atoms with E-state index in [9.17, 15) is 4.79 Å². The standard InChI is InChI=1S/C11H24N2O2/c1-5-11(2,3)13-10(14)9(12)7-6-8-15-4/h9H,5-8,12H2,1-4H3,(H,13,14). The van der Waals surface area contributed by atoms with Gasteiger partial charge in [-0.25, -0.2) is 0 Å². The number of hydrogen-bond acceptors (Lipinski definition) is 3. The van der Waals surface area contributed by atoms with E-state index in [4.69, 9.17) is 10.5 Å². The first kappa shape index (κ1) is 14.4. The van der Waals surface area contributed by atoms with Gasteiger partial charge in [0.2, 0.25) is 5.91 Å². The van der Waals surface area contributed by atoms with Gasteiger partial charge in [-0.3, -0.25) is 4.79 Å². The van der Waals surface area contributed by atoms with Gasteiger partial charge in [-0.1, -0.05) is 6.92 Å². The SMILES string of the molecule is CCC(C)(C)NC(=O)C(N)CCCOC. The third-order valence-corrected chi connectivity index (χ3v) is 2.55. The van der Waals surface area contributed by atoms with Gasteiger partial charge in [0.05, 0.1) is 6.04 Å². The number of nitrogens with one attached hydrogen (secondary N) is 1. The van der Waals surface area contributed by atoms with Crippen molar-refractivity contribution >= 4 is 5.91 Å². The van der Waals surface area contributed by atoms with Crippen LogP contribution in [-0.2, 0) is 9.53 Å². The number of carbonyl (C=O) groups excluding carboxylic acids is 1. The molecule has 0 fully saturated rings. The summed E-state index contributed by atoms with van der Waals surface area (Å²) in [4.78, 5) is 11.6. The van der Waals surface area contributed by atoms with Crippen LogP contribution in [-0.4, -0.2) is 31.2 Å². The van der Waals surface area contributed by atoms with E-state index in [1.165, 1.54) is 0 Å². The molecule has 1 atom stereocenters. The first-order valence-electron chi connectivity index (χ1n) is 5.49. The maximum absolute atomic E-state index is 11.6. The third kappa shape index (κ3) is 6.47. The number of nitrogens with two attached hydrogens (primary N) is 1. The maximum atomic E-state index is 11.6. The predicted molar refractivity (Wildman–Crippen MR) is 61.6 cm³/mol. The van der Waals surface area contributed by atoms with Crippen molar-refractivity contribution in [3.63, 3.8) is 0 Å². The average molecular weight is 216 g/mol. The minimum atomic E-state index is -0.425. The lowest BCUT2D eigenvalue weighted by atomic mass is 10.0. The molecule has 4 heteroatoms. The molecule has 0 aromatic rings. The fourth-order valence-corrected chi connectivity index (χ4v) is 1.09. The van der Waals surface area contributed by atoms with E-state index in [1.54, 1.807) is 7.11 Å². The maximum Gasteiger partial charge on any atom is 0.237 e. The molecule has 3 N–H and O–H groups in total. The lowest BCUT2D eigenvalue weighted by Crippen LogP contribution is -2.50. The van der Waals surface area contributed by atoms with Gasteiger partial charge in [-0.05, 0) is 33.1 Å². The van der Waals surface area contributed by atoms with Crippen LogP contribution in [0.2, 0.25) is 0 Å². The Morgan fingerprint density at radius 3 is 2.60 bits per heavy atom. The zero-order valence-electron chi connectivity index (χ0n) is 10.3. The first-order valence-corrected chi connectivity index (χ1v) is 5.49. The van der Waals surface area contributed by atoms with Crippen molar-refractivity contribution in [2.75, 3.05) is 13.7 Å². The van der Waals surface area contributed by atoms with Gasteiger partial charge in [0.15, 0.2) is 0 Å². The summed E-state index contributed by atoms with van der Waals surface area (Å²) in [5.41, 5.74) is 5.58. The largest absolute Gasteiger partial charge is 0.385 e. The van der Waals surface area contributed by atoms with Crippen LogP contribution >= 0.6 is 0 Å². The monoisotopic (exact) mass is 216 g/mol. The molecule has 0 saturated carbocycles. The summed E-state index contributed by atoms with van der Waals surface area (Å²) in [6, 6.07) is -0.425. The van der Waals surface area contributed by atoms with Gasteiger partial charge in [-0.15, -0.1) is 0 Å². The van der Waals surface area contributed by atoms with Gasteiger partial charge in [0.25, 0.3) is 0 Å². The van der Waals surface area contributed by atoms with Crippen LogP contribution < -0.4 is 11.1 Å². The molecule has 0 aromatic heterocycles. The normalized spacial score (nSPS) is 13.7. The number of ether oxygens (including phenoxy) is 1. The van der Waals surface area contributed by atoms with Crippen LogP contribution in [0.25, 0.3) is 0 Å². The van der Waals surface area contributed by atoms with Gasteiger partial charge >= 0.3 is 0 Å². The minimum Gasteiger partial charge on any atom is -0.385 e. The second kappa shape index (κ2) is 6.80. The molecule has 0 heterocycles. The van der Waals surface area contributed by atoms with Gasteiger partial charge < -0.3 is 15.8 Å². The zero-order valence-corrected chi connectivity index (χ0v) is 10.3. The van der Waals surface area contributed by atoms with Gasteiger partial charge in [-0.2, -0.15) is 0 Å². The van der Waals surface area contributed by atoms with E-state index in [0.717, 1.165) is 12.8 Å². The molecule has 0 aliphatic rings. The highest BCUT2D eigenvalue weighted by Gasteiger charge is 2.21. The Bertz CT molecular complexity index is 193. The van der Waals surface area contributed by atoms with Gasteiger partial charge in [0, 0.05) is 19.3 Å². The summed E-state index contributed by atoms with van der Waals surface area (Å²) < 4.78 is 4.91. The minimum absolute atomic E-state index is 0.0713. The lowest BCUT2D eigenvalue weighted by molar-refractivity contribution is -0.124. The van der Waals surface area contributed by atoms with E-state index in [0.29, 0.717) is 13.0 Å². The highest BCUT2D eigenvalue weighted by molar-refractivity contribution is 5.82. The number of methoxy groups -OCH3 is 1. The fraction of sp³-hybridized carbons (Fsp3) is 0.909. The van der Waals surface area contributed by atoms with Crippen molar-refractivity contribution < 1.29 is 9.53 Å². The first-order chi connectivity index (χ1) is 6.93. The Balaban J connectivity index is 3.88. The molecule has 0 saturated heterocycles. The van der Waals surface area contributed by atoms with Crippen LogP contribution in [0.4, 0.5) is 0 Å². The van der Waals surface area contributed by atoms with Gasteiger partial charge in [0.1, 0.15) is 0 Å². The molecule has 90 valence electrons. The molecule has 15 heavy (non-hydrogen) atoms. The van der Waals surface area contributed by atoms with E-state index >= 15 is 0 Å². The summed E-state index contributed by atoms with van der Waals surface area (Å²) in [6.07, 6.45) is 2.38. The molecule has 0 aliphatic carbocycles. The van der Waals surface area contributed by atoms with Crippen LogP contribution in [0.15, 0.2) is 0 Å². The van der Waals surface area contributed by atoms with Crippen LogP contribution in [0.5, 0.6) is 0 Å². The van der Waals surface area contributed by atoms with E-state index in [1.807, 2.05) is 20.8 Å². The molecule has 0 aliphatic heterocycles.